The minimum atomic E-state index is -0.376. The standard InChI is InChI=1S/C13H17N3O2/c17-16(18)13-8-14-6-5-12(13)15-7-11(9-1-2-9)10-3-4-10/h5-6,8-11H,1-4,7H2,(H,14,15). The van der Waals surface area contributed by atoms with E-state index in [0.717, 1.165) is 18.4 Å². The van der Waals surface area contributed by atoms with Crippen LogP contribution in [0, 0.1) is 27.9 Å². The Labute approximate surface area is 106 Å². The van der Waals surface area contributed by atoms with Crippen molar-refractivity contribution in [2.24, 2.45) is 17.8 Å². The van der Waals surface area contributed by atoms with Gasteiger partial charge < -0.3 is 5.32 Å². The van der Waals surface area contributed by atoms with Crippen LogP contribution in [0.2, 0.25) is 0 Å². The Balaban J connectivity index is 1.66. The number of rotatable bonds is 6. The van der Waals surface area contributed by atoms with Crippen molar-refractivity contribution in [2.75, 3.05) is 11.9 Å². The van der Waals surface area contributed by atoms with Crippen molar-refractivity contribution in [3.8, 4) is 0 Å². The highest BCUT2D eigenvalue weighted by Gasteiger charge is 2.41. The highest BCUT2D eigenvalue weighted by atomic mass is 16.6. The fourth-order valence-corrected chi connectivity index (χ4v) is 2.68. The van der Waals surface area contributed by atoms with Crippen molar-refractivity contribution in [1.29, 1.82) is 0 Å². The highest BCUT2D eigenvalue weighted by Crippen LogP contribution is 2.49. The van der Waals surface area contributed by atoms with E-state index >= 15 is 0 Å². The molecule has 1 N–H and O–H groups in total. The lowest BCUT2D eigenvalue weighted by Gasteiger charge is -2.16. The number of nitrogens with one attached hydrogen (secondary N) is 1. The number of aromatic nitrogens is 1. The Morgan fingerprint density at radius 3 is 2.61 bits per heavy atom. The maximum atomic E-state index is 10.9. The molecule has 0 aliphatic heterocycles. The van der Waals surface area contributed by atoms with E-state index in [1.165, 1.54) is 31.9 Å². The molecule has 3 rings (SSSR count). The average Bonchev–Trinajstić information content (AvgIpc) is 3.24. The molecule has 0 saturated heterocycles. The van der Waals surface area contributed by atoms with Crippen molar-refractivity contribution in [3.63, 3.8) is 0 Å². The van der Waals surface area contributed by atoms with Crippen molar-refractivity contribution < 1.29 is 4.92 Å². The first-order valence-corrected chi connectivity index (χ1v) is 6.58. The molecule has 0 amide bonds. The maximum Gasteiger partial charge on any atom is 0.310 e. The van der Waals surface area contributed by atoms with E-state index in [1.54, 1.807) is 12.3 Å². The van der Waals surface area contributed by atoms with Gasteiger partial charge in [0.2, 0.25) is 0 Å². The van der Waals surface area contributed by atoms with Crippen LogP contribution in [0.3, 0.4) is 0 Å². The second kappa shape index (κ2) is 4.55. The second-order valence-electron chi connectivity index (χ2n) is 5.37. The first-order chi connectivity index (χ1) is 8.75. The molecule has 0 atom stereocenters. The van der Waals surface area contributed by atoms with E-state index in [2.05, 4.69) is 10.3 Å². The first-order valence-electron chi connectivity index (χ1n) is 6.58. The van der Waals surface area contributed by atoms with Gasteiger partial charge in [-0.3, -0.25) is 15.1 Å². The third-order valence-electron chi connectivity index (χ3n) is 3.98. The van der Waals surface area contributed by atoms with Crippen LogP contribution < -0.4 is 5.32 Å². The Kier molecular flexibility index (Phi) is 2.89. The van der Waals surface area contributed by atoms with Crippen LogP contribution in [-0.4, -0.2) is 16.5 Å². The topological polar surface area (TPSA) is 68.1 Å². The zero-order chi connectivity index (χ0) is 12.5. The molecule has 0 unspecified atom stereocenters. The Bertz CT molecular complexity index is 443. The molecule has 0 bridgehead atoms. The second-order valence-corrected chi connectivity index (χ2v) is 5.37. The molecule has 0 radical (unpaired) electrons. The fraction of sp³-hybridized carbons (Fsp3) is 0.615. The molecular formula is C13H17N3O2. The quantitative estimate of drug-likeness (QED) is 0.620. The normalized spacial score (nSPS) is 18.9. The van der Waals surface area contributed by atoms with Crippen LogP contribution in [0.4, 0.5) is 11.4 Å². The SMILES string of the molecule is O=[N+]([O-])c1cnccc1NCC(C1CC1)C1CC1. The number of pyridine rings is 1. The molecule has 2 fully saturated rings. The molecule has 2 aliphatic carbocycles. The summed E-state index contributed by atoms with van der Waals surface area (Å²) in [7, 11) is 0. The van der Waals surface area contributed by atoms with Crippen LogP contribution in [0.15, 0.2) is 18.5 Å². The predicted molar refractivity (Wildman–Crippen MR) is 68.3 cm³/mol. The molecular weight excluding hydrogens is 230 g/mol. The smallest absolute Gasteiger partial charge is 0.310 e. The summed E-state index contributed by atoms with van der Waals surface area (Å²) >= 11 is 0. The summed E-state index contributed by atoms with van der Waals surface area (Å²) in [5, 5.41) is 14.1. The van der Waals surface area contributed by atoms with E-state index in [9.17, 15) is 10.1 Å². The number of nitrogens with zero attached hydrogens (tertiary/aromatic N) is 2. The van der Waals surface area contributed by atoms with Gasteiger partial charge in [0, 0.05) is 12.7 Å². The molecule has 0 spiro atoms. The van der Waals surface area contributed by atoms with Crippen LogP contribution in [0.25, 0.3) is 0 Å². The zero-order valence-corrected chi connectivity index (χ0v) is 10.2. The molecule has 5 heteroatoms. The van der Waals surface area contributed by atoms with E-state index in [-0.39, 0.29) is 10.6 Å². The van der Waals surface area contributed by atoms with Crippen LogP contribution in [-0.2, 0) is 0 Å². The third kappa shape index (κ3) is 2.44. The molecule has 1 heterocycles. The molecule has 18 heavy (non-hydrogen) atoms. The van der Waals surface area contributed by atoms with Crippen LogP contribution in [0.1, 0.15) is 25.7 Å². The first kappa shape index (κ1) is 11.4. The van der Waals surface area contributed by atoms with Crippen molar-refractivity contribution in [2.45, 2.75) is 25.7 Å². The third-order valence-corrected chi connectivity index (χ3v) is 3.98. The number of hydrogen-bond acceptors (Lipinski definition) is 4. The summed E-state index contributed by atoms with van der Waals surface area (Å²) in [5.41, 5.74) is 0.671. The van der Waals surface area contributed by atoms with Crippen molar-refractivity contribution in [1.82, 2.24) is 4.98 Å². The zero-order valence-electron chi connectivity index (χ0n) is 10.2. The summed E-state index contributed by atoms with van der Waals surface area (Å²) < 4.78 is 0. The fourth-order valence-electron chi connectivity index (χ4n) is 2.68. The lowest BCUT2D eigenvalue weighted by molar-refractivity contribution is -0.384. The van der Waals surface area contributed by atoms with Gasteiger partial charge in [-0.05, 0) is 49.5 Å². The van der Waals surface area contributed by atoms with Gasteiger partial charge >= 0.3 is 5.69 Å². The molecule has 5 nitrogen and oxygen atoms in total. The van der Waals surface area contributed by atoms with Gasteiger partial charge in [-0.15, -0.1) is 0 Å². The average molecular weight is 247 g/mol. The van der Waals surface area contributed by atoms with E-state index in [0.29, 0.717) is 11.6 Å². The van der Waals surface area contributed by atoms with Gasteiger partial charge in [-0.2, -0.15) is 0 Å². The van der Waals surface area contributed by atoms with Crippen molar-refractivity contribution >= 4 is 11.4 Å². The Morgan fingerprint density at radius 2 is 2.06 bits per heavy atom. The minimum absolute atomic E-state index is 0.0721. The van der Waals surface area contributed by atoms with E-state index < -0.39 is 0 Å². The largest absolute Gasteiger partial charge is 0.379 e. The molecule has 1 aromatic heterocycles. The lowest BCUT2D eigenvalue weighted by Crippen LogP contribution is -2.18. The monoisotopic (exact) mass is 247 g/mol. The predicted octanol–water partition coefficient (Wildman–Crippen LogP) is 2.84. The summed E-state index contributed by atoms with van der Waals surface area (Å²) in [4.78, 5) is 14.3. The molecule has 2 aliphatic rings. The van der Waals surface area contributed by atoms with Gasteiger partial charge in [0.05, 0.1) is 4.92 Å². The van der Waals surface area contributed by atoms with Gasteiger partial charge in [-0.25, -0.2) is 0 Å². The summed E-state index contributed by atoms with van der Waals surface area (Å²) in [5.74, 6) is 2.41. The van der Waals surface area contributed by atoms with Gasteiger partial charge in [-0.1, -0.05) is 0 Å². The van der Waals surface area contributed by atoms with Crippen LogP contribution >= 0.6 is 0 Å². The lowest BCUT2D eigenvalue weighted by atomic mass is 9.98. The van der Waals surface area contributed by atoms with E-state index in [4.69, 9.17) is 0 Å². The van der Waals surface area contributed by atoms with Gasteiger partial charge in [0.15, 0.2) is 0 Å². The molecule has 0 aromatic carbocycles. The summed E-state index contributed by atoms with van der Waals surface area (Å²) in [6.45, 7) is 0.861. The Morgan fingerprint density at radius 1 is 1.39 bits per heavy atom. The summed E-state index contributed by atoms with van der Waals surface area (Å²) in [6.07, 6.45) is 8.25. The minimum Gasteiger partial charge on any atom is -0.379 e. The number of hydrogen-bond donors (Lipinski definition) is 1. The maximum absolute atomic E-state index is 10.9. The molecule has 1 aromatic rings. The van der Waals surface area contributed by atoms with E-state index in [1.807, 2.05) is 0 Å². The van der Waals surface area contributed by atoms with Crippen LogP contribution in [0.5, 0.6) is 0 Å². The Hall–Kier alpha value is -1.65. The molecule has 2 saturated carbocycles. The molecule has 96 valence electrons. The summed E-state index contributed by atoms with van der Waals surface area (Å²) in [6, 6.07) is 1.69. The number of anilines is 1. The van der Waals surface area contributed by atoms with Gasteiger partial charge in [0.25, 0.3) is 0 Å². The van der Waals surface area contributed by atoms with Gasteiger partial charge in [0.1, 0.15) is 11.9 Å². The van der Waals surface area contributed by atoms with Crippen molar-refractivity contribution in [3.05, 3.63) is 28.6 Å². The number of nitro groups is 1. The highest BCUT2D eigenvalue weighted by molar-refractivity contribution is 5.59.